The summed E-state index contributed by atoms with van der Waals surface area (Å²) in [6.45, 7) is 1.61. The predicted octanol–water partition coefficient (Wildman–Crippen LogP) is -0.209. The minimum Gasteiger partial charge on any atom is -1.00 e. The Morgan fingerprint density at radius 3 is 2.50 bits per heavy atom. The van der Waals surface area contributed by atoms with Gasteiger partial charge in [0.2, 0.25) is 5.91 Å². The molecular weight excluding hydrogens is 233 g/mol. The summed E-state index contributed by atoms with van der Waals surface area (Å²) in [5.41, 5.74) is 1.28. The largest absolute Gasteiger partial charge is 1.00 e. The Balaban J connectivity index is 0.00000128. The van der Waals surface area contributed by atoms with Gasteiger partial charge in [-0.3, -0.25) is 4.79 Å². The monoisotopic (exact) mass is 247 g/mol. The number of carbonyl (C=O) groups excluding carboxylic acids is 1. The third kappa shape index (κ3) is 3.01. The quantitative estimate of drug-likeness (QED) is 0.663. The van der Waals surface area contributed by atoms with E-state index in [9.17, 15) is 4.79 Å². The zero-order valence-electron chi connectivity index (χ0n) is 10.9. The smallest absolute Gasteiger partial charge is 1.00 e. The number of benzene rings is 1. The summed E-state index contributed by atoms with van der Waals surface area (Å²) < 4.78 is 0. The molecule has 1 fully saturated rings. The van der Waals surface area contributed by atoms with Crippen molar-refractivity contribution in [2.45, 2.75) is 25.3 Å². The Bertz CT molecular complexity index is 385. The number of halogens is 1. The van der Waals surface area contributed by atoms with Gasteiger partial charge in [0.25, 0.3) is 0 Å². The molecule has 1 aliphatic rings. The molecule has 4 heteroatoms. The van der Waals surface area contributed by atoms with E-state index in [1.807, 2.05) is 36.2 Å². The Hall–Kier alpha value is -0.0200. The predicted molar refractivity (Wildman–Crippen MR) is 62.2 cm³/mol. The van der Waals surface area contributed by atoms with E-state index in [0.717, 1.165) is 11.4 Å². The second kappa shape index (κ2) is 5.54. The van der Waals surface area contributed by atoms with Crippen LogP contribution in [-0.4, -0.2) is 23.9 Å². The number of likely N-dealkylation sites (N-methyl/N-ethyl adjacent to an activating group) is 1. The molecule has 0 heterocycles. The van der Waals surface area contributed by atoms with Gasteiger partial charge >= 0.3 is 29.6 Å². The van der Waals surface area contributed by atoms with Crippen molar-refractivity contribution in [2.24, 2.45) is 0 Å². The molecular formula is C12H15ClNNaO. The second-order valence-electron chi connectivity index (χ2n) is 4.09. The molecule has 0 unspecified atom stereocenters. The van der Waals surface area contributed by atoms with Crippen LogP contribution in [0.4, 0.5) is 0 Å². The minimum absolute atomic E-state index is 0. The van der Waals surface area contributed by atoms with Crippen molar-refractivity contribution in [1.82, 2.24) is 4.90 Å². The van der Waals surface area contributed by atoms with Crippen molar-refractivity contribution in [2.75, 3.05) is 7.05 Å². The van der Waals surface area contributed by atoms with Gasteiger partial charge < -0.3 is 6.33 Å². The summed E-state index contributed by atoms with van der Waals surface area (Å²) in [6.07, 6.45) is 1.07. The number of nitrogens with zero attached hydrogens (tertiary/aromatic N) is 1. The molecule has 82 valence electrons. The summed E-state index contributed by atoms with van der Waals surface area (Å²) in [5.74, 6) is 0.632. The first-order valence-electron chi connectivity index (χ1n) is 5.08. The van der Waals surface area contributed by atoms with Crippen LogP contribution in [0.1, 0.15) is 26.3 Å². The molecule has 1 amide bonds. The summed E-state index contributed by atoms with van der Waals surface area (Å²) in [4.78, 5) is 13.0. The molecule has 1 aromatic rings. The number of hydrogen-bond acceptors (Lipinski definition) is 1. The zero-order chi connectivity index (χ0) is 11.0. The minimum atomic E-state index is 0. The van der Waals surface area contributed by atoms with Crippen LogP contribution < -0.4 is 29.6 Å². The molecule has 1 aliphatic carbocycles. The van der Waals surface area contributed by atoms with Gasteiger partial charge in [0.1, 0.15) is 0 Å². The van der Waals surface area contributed by atoms with Crippen molar-refractivity contribution in [3.05, 3.63) is 34.9 Å². The average molecular weight is 248 g/mol. The Labute approximate surface area is 125 Å². The van der Waals surface area contributed by atoms with Crippen LogP contribution in [0.15, 0.2) is 24.3 Å². The molecule has 0 N–H and O–H groups in total. The molecule has 2 rings (SSSR count). The van der Waals surface area contributed by atoms with E-state index in [4.69, 9.17) is 11.6 Å². The molecule has 0 aromatic heterocycles. The van der Waals surface area contributed by atoms with Gasteiger partial charge in [0, 0.05) is 31.0 Å². The maximum absolute atomic E-state index is 11.2. The number of rotatable bonds is 2. The third-order valence-corrected chi connectivity index (χ3v) is 3.30. The summed E-state index contributed by atoms with van der Waals surface area (Å²) in [7, 11) is 1.86. The molecule has 0 bridgehead atoms. The van der Waals surface area contributed by atoms with E-state index < -0.39 is 0 Å². The van der Waals surface area contributed by atoms with Gasteiger partial charge in [-0.25, -0.2) is 0 Å². The van der Waals surface area contributed by atoms with Crippen molar-refractivity contribution < 1.29 is 35.8 Å². The van der Waals surface area contributed by atoms with Crippen LogP contribution in [0.25, 0.3) is 0 Å². The van der Waals surface area contributed by atoms with Gasteiger partial charge in [-0.2, -0.15) is 0 Å². The van der Waals surface area contributed by atoms with E-state index in [1.54, 1.807) is 6.92 Å². The number of hydrogen-bond donors (Lipinski definition) is 0. The zero-order valence-corrected chi connectivity index (χ0v) is 12.7. The Morgan fingerprint density at radius 2 is 2.00 bits per heavy atom. The van der Waals surface area contributed by atoms with Gasteiger partial charge in [-0.05, 0) is 24.1 Å². The van der Waals surface area contributed by atoms with Crippen LogP contribution in [0.2, 0.25) is 5.02 Å². The van der Waals surface area contributed by atoms with E-state index in [2.05, 4.69) is 0 Å². The summed E-state index contributed by atoms with van der Waals surface area (Å²) in [6, 6.07) is 8.27. The molecule has 1 aromatic carbocycles. The molecule has 0 spiro atoms. The average Bonchev–Trinajstić information content (AvgIpc) is 2.97. The first kappa shape index (κ1) is 14.0. The molecule has 1 saturated carbocycles. The molecule has 0 aliphatic heterocycles. The fraction of sp³-hybridized carbons (Fsp3) is 0.417. The number of carbonyl (C=O) groups is 1. The molecule has 2 nitrogen and oxygen atoms in total. The molecule has 2 atom stereocenters. The van der Waals surface area contributed by atoms with Crippen LogP contribution in [0.3, 0.4) is 0 Å². The van der Waals surface area contributed by atoms with Gasteiger partial charge in [0.15, 0.2) is 0 Å². The van der Waals surface area contributed by atoms with Crippen molar-refractivity contribution in [3.8, 4) is 0 Å². The van der Waals surface area contributed by atoms with Crippen molar-refractivity contribution in [3.63, 3.8) is 0 Å². The fourth-order valence-electron chi connectivity index (χ4n) is 1.91. The topological polar surface area (TPSA) is 20.3 Å². The van der Waals surface area contributed by atoms with Crippen molar-refractivity contribution >= 4 is 17.5 Å². The van der Waals surface area contributed by atoms with Crippen LogP contribution >= 0.6 is 11.6 Å². The normalized spacial score (nSPS) is 22.2. The van der Waals surface area contributed by atoms with E-state index >= 15 is 0 Å². The maximum atomic E-state index is 11.2. The van der Waals surface area contributed by atoms with Crippen molar-refractivity contribution in [1.29, 1.82) is 0 Å². The van der Waals surface area contributed by atoms with Crippen LogP contribution in [-0.2, 0) is 4.79 Å². The van der Waals surface area contributed by atoms with Crippen LogP contribution in [0.5, 0.6) is 0 Å². The van der Waals surface area contributed by atoms with Gasteiger partial charge in [-0.15, -0.1) is 0 Å². The van der Waals surface area contributed by atoms with Gasteiger partial charge in [0.05, 0.1) is 0 Å². The maximum Gasteiger partial charge on any atom is 1.00 e. The Morgan fingerprint density at radius 1 is 1.44 bits per heavy atom. The SMILES string of the molecule is CC(=O)N(C)[C@@H]1C[C@H]1c1ccc(Cl)cc1.[H-].[Na+]. The Kier molecular flexibility index (Phi) is 4.87. The van der Waals surface area contributed by atoms with E-state index in [-0.39, 0.29) is 36.9 Å². The summed E-state index contributed by atoms with van der Waals surface area (Å²) in [5, 5.41) is 0.760. The first-order valence-corrected chi connectivity index (χ1v) is 5.46. The molecule has 16 heavy (non-hydrogen) atoms. The third-order valence-electron chi connectivity index (χ3n) is 3.05. The summed E-state index contributed by atoms with van der Waals surface area (Å²) >= 11 is 5.82. The van der Waals surface area contributed by atoms with Gasteiger partial charge in [-0.1, -0.05) is 23.7 Å². The molecule has 0 radical (unpaired) electrons. The van der Waals surface area contributed by atoms with E-state index in [0.29, 0.717) is 12.0 Å². The van der Waals surface area contributed by atoms with Crippen LogP contribution in [0, 0.1) is 0 Å². The standard InChI is InChI=1S/C12H14ClNO.Na.H/c1-8(15)14(2)12-7-11(12)9-3-5-10(13)6-4-9;;/h3-6,11-12H,7H2,1-2H3;;/q;+1;-1/t11-,12+;;/m0../s1. The number of amides is 1. The molecule has 0 saturated heterocycles. The fourth-order valence-corrected chi connectivity index (χ4v) is 2.04. The first-order chi connectivity index (χ1) is 7.09. The second-order valence-corrected chi connectivity index (χ2v) is 4.53. The van der Waals surface area contributed by atoms with E-state index in [1.165, 1.54) is 5.56 Å².